The molecule has 0 bridgehead atoms. The highest BCUT2D eigenvalue weighted by Crippen LogP contribution is 2.25. The van der Waals surface area contributed by atoms with E-state index in [1.807, 2.05) is 23.9 Å². The molecule has 0 aromatic carbocycles. The third kappa shape index (κ3) is 2.80. The van der Waals surface area contributed by atoms with Gasteiger partial charge in [0.05, 0.1) is 6.61 Å². The largest absolute Gasteiger partial charge is 0.395 e. The van der Waals surface area contributed by atoms with E-state index in [0.29, 0.717) is 0 Å². The summed E-state index contributed by atoms with van der Waals surface area (Å²) in [5, 5.41) is 14.9. The summed E-state index contributed by atoms with van der Waals surface area (Å²) in [5.41, 5.74) is 0. The van der Waals surface area contributed by atoms with Gasteiger partial charge in [-0.2, -0.15) is 0 Å². The number of hydrogen-bond donors (Lipinski definition) is 2. The number of aryl methyl sites for hydroxylation is 1. The number of nitrogens with zero attached hydrogens (tertiary/aromatic N) is 2. The van der Waals surface area contributed by atoms with Crippen molar-refractivity contribution in [2.45, 2.75) is 25.4 Å². The molecule has 5 heteroatoms. The Morgan fingerprint density at radius 1 is 1.56 bits per heavy atom. The van der Waals surface area contributed by atoms with Gasteiger partial charge in [0, 0.05) is 30.4 Å². The second kappa shape index (κ2) is 6.13. The molecule has 2 heterocycles. The topological polar surface area (TPSA) is 50.1 Å². The van der Waals surface area contributed by atoms with E-state index in [1.165, 1.54) is 4.88 Å². The minimum atomic E-state index is 0.0436. The first kappa shape index (κ1) is 13.3. The third-order valence-electron chi connectivity index (χ3n) is 3.06. The SMILES string of the molecule is CC[C@@H](CO)NC(c1cccs1)c1nccn1C. The van der Waals surface area contributed by atoms with Crippen molar-refractivity contribution in [3.8, 4) is 0 Å². The van der Waals surface area contributed by atoms with Crippen LogP contribution in [0.5, 0.6) is 0 Å². The van der Waals surface area contributed by atoms with Crippen LogP contribution in [0.15, 0.2) is 29.9 Å². The summed E-state index contributed by atoms with van der Waals surface area (Å²) in [5.74, 6) is 0.976. The number of aliphatic hydroxyl groups is 1. The minimum absolute atomic E-state index is 0.0436. The van der Waals surface area contributed by atoms with Crippen LogP contribution in [0.4, 0.5) is 0 Å². The van der Waals surface area contributed by atoms with E-state index in [4.69, 9.17) is 0 Å². The summed E-state index contributed by atoms with van der Waals surface area (Å²) in [7, 11) is 1.99. The smallest absolute Gasteiger partial charge is 0.131 e. The van der Waals surface area contributed by atoms with Crippen LogP contribution in [-0.2, 0) is 7.05 Å². The van der Waals surface area contributed by atoms with Gasteiger partial charge in [0.1, 0.15) is 11.9 Å². The highest BCUT2D eigenvalue weighted by Gasteiger charge is 2.21. The first-order chi connectivity index (χ1) is 8.76. The van der Waals surface area contributed by atoms with Crippen molar-refractivity contribution < 1.29 is 5.11 Å². The summed E-state index contributed by atoms with van der Waals surface area (Å²) >= 11 is 1.70. The maximum atomic E-state index is 9.35. The van der Waals surface area contributed by atoms with Gasteiger partial charge in [0.15, 0.2) is 0 Å². The zero-order valence-electron chi connectivity index (χ0n) is 10.7. The quantitative estimate of drug-likeness (QED) is 0.839. The van der Waals surface area contributed by atoms with E-state index in [0.717, 1.165) is 12.2 Å². The molecule has 2 atom stereocenters. The summed E-state index contributed by atoms with van der Waals surface area (Å²) < 4.78 is 2.02. The molecule has 0 saturated heterocycles. The van der Waals surface area contributed by atoms with Gasteiger partial charge < -0.3 is 9.67 Å². The summed E-state index contributed by atoms with van der Waals surface area (Å²) in [6, 6.07) is 4.27. The van der Waals surface area contributed by atoms with Crippen molar-refractivity contribution in [1.29, 1.82) is 0 Å². The number of hydrogen-bond acceptors (Lipinski definition) is 4. The molecule has 1 unspecified atom stereocenters. The van der Waals surface area contributed by atoms with Gasteiger partial charge in [-0.05, 0) is 17.9 Å². The van der Waals surface area contributed by atoms with Crippen LogP contribution in [0.3, 0.4) is 0 Å². The van der Waals surface area contributed by atoms with Crippen molar-refractivity contribution >= 4 is 11.3 Å². The molecule has 0 aliphatic heterocycles. The Hall–Kier alpha value is -1.17. The van der Waals surface area contributed by atoms with Crippen molar-refractivity contribution in [3.05, 3.63) is 40.6 Å². The lowest BCUT2D eigenvalue weighted by Gasteiger charge is -2.22. The van der Waals surface area contributed by atoms with E-state index >= 15 is 0 Å². The Balaban J connectivity index is 2.27. The molecule has 0 fully saturated rings. The number of imidazole rings is 1. The zero-order chi connectivity index (χ0) is 13.0. The van der Waals surface area contributed by atoms with Gasteiger partial charge in [0.25, 0.3) is 0 Å². The Morgan fingerprint density at radius 3 is 2.89 bits per heavy atom. The fourth-order valence-electron chi connectivity index (χ4n) is 1.93. The maximum absolute atomic E-state index is 9.35. The van der Waals surface area contributed by atoms with Gasteiger partial charge in [-0.3, -0.25) is 5.32 Å². The average molecular weight is 265 g/mol. The second-order valence-electron chi connectivity index (χ2n) is 4.30. The van der Waals surface area contributed by atoms with E-state index in [-0.39, 0.29) is 18.7 Å². The second-order valence-corrected chi connectivity index (χ2v) is 5.28. The Morgan fingerprint density at radius 2 is 2.39 bits per heavy atom. The zero-order valence-corrected chi connectivity index (χ0v) is 11.5. The Labute approximate surface area is 111 Å². The molecule has 0 aliphatic rings. The molecule has 2 rings (SSSR count). The van der Waals surface area contributed by atoms with Gasteiger partial charge in [-0.1, -0.05) is 13.0 Å². The lowest BCUT2D eigenvalue weighted by molar-refractivity contribution is 0.231. The van der Waals surface area contributed by atoms with Crippen LogP contribution in [0.2, 0.25) is 0 Å². The lowest BCUT2D eigenvalue weighted by atomic mass is 10.1. The van der Waals surface area contributed by atoms with Gasteiger partial charge in [0.2, 0.25) is 0 Å². The van der Waals surface area contributed by atoms with Crippen molar-refractivity contribution in [3.63, 3.8) is 0 Å². The number of rotatable bonds is 6. The fourth-order valence-corrected chi connectivity index (χ4v) is 2.71. The molecule has 0 spiro atoms. The molecule has 2 aromatic heterocycles. The number of aromatic nitrogens is 2. The predicted molar refractivity (Wildman–Crippen MR) is 73.7 cm³/mol. The maximum Gasteiger partial charge on any atom is 0.131 e. The van der Waals surface area contributed by atoms with Crippen molar-refractivity contribution in [2.75, 3.05) is 6.61 Å². The molecular formula is C13H19N3OS. The molecule has 0 saturated carbocycles. The Kier molecular flexibility index (Phi) is 4.52. The summed E-state index contributed by atoms with van der Waals surface area (Å²) in [6.45, 7) is 2.21. The van der Waals surface area contributed by atoms with Crippen LogP contribution in [0.25, 0.3) is 0 Å². The first-order valence-corrected chi connectivity index (χ1v) is 7.01. The molecule has 0 amide bonds. The van der Waals surface area contributed by atoms with Crippen molar-refractivity contribution in [1.82, 2.24) is 14.9 Å². The van der Waals surface area contributed by atoms with Crippen molar-refractivity contribution in [2.24, 2.45) is 7.05 Å². The van der Waals surface area contributed by atoms with Crippen LogP contribution in [0, 0.1) is 0 Å². The van der Waals surface area contributed by atoms with E-state index in [1.54, 1.807) is 17.5 Å². The third-order valence-corrected chi connectivity index (χ3v) is 4.00. The number of thiophene rings is 1. The minimum Gasteiger partial charge on any atom is -0.395 e. The van der Waals surface area contributed by atoms with Gasteiger partial charge in [-0.15, -0.1) is 11.3 Å². The van der Waals surface area contributed by atoms with Crippen LogP contribution in [-0.4, -0.2) is 27.3 Å². The van der Waals surface area contributed by atoms with Crippen LogP contribution in [0.1, 0.15) is 30.1 Å². The summed E-state index contributed by atoms with van der Waals surface area (Å²) in [6.07, 6.45) is 4.64. The van der Waals surface area contributed by atoms with E-state index in [9.17, 15) is 5.11 Å². The molecular weight excluding hydrogens is 246 g/mol. The van der Waals surface area contributed by atoms with Gasteiger partial charge in [-0.25, -0.2) is 4.98 Å². The summed E-state index contributed by atoms with van der Waals surface area (Å²) in [4.78, 5) is 5.64. The van der Waals surface area contributed by atoms with Crippen LogP contribution >= 0.6 is 11.3 Å². The van der Waals surface area contributed by atoms with Gasteiger partial charge >= 0.3 is 0 Å². The molecule has 2 N–H and O–H groups in total. The molecule has 98 valence electrons. The molecule has 4 nitrogen and oxygen atoms in total. The Bertz CT molecular complexity index is 462. The number of nitrogens with one attached hydrogen (secondary N) is 1. The fraction of sp³-hybridized carbons (Fsp3) is 0.462. The normalized spacial score (nSPS) is 14.6. The molecule has 18 heavy (non-hydrogen) atoms. The first-order valence-electron chi connectivity index (χ1n) is 6.13. The molecule has 2 aromatic rings. The average Bonchev–Trinajstić information content (AvgIpc) is 3.03. The highest BCUT2D eigenvalue weighted by atomic mass is 32.1. The van der Waals surface area contributed by atoms with E-state index < -0.39 is 0 Å². The monoisotopic (exact) mass is 265 g/mol. The van der Waals surface area contributed by atoms with E-state index in [2.05, 4.69) is 28.7 Å². The lowest BCUT2D eigenvalue weighted by Crippen LogP contribution is -2.36. The molecule has 0 radical (unpaired) electrons. The highest BCUT2D eigenvalue weighted by molar-refractivity contribution is 7.10. The number of aliphatic hydroxyl groups excluding tert-OH is 1. The molecule has 0 aliphatic carbocycles. The predicted octanol–water partition coefficient (Wildman–Crippen LogP) is 1.93. The standard InChI is InChI=1S/C13H19N3OS/c1-3-10(9-17)15-12(11-5-4-8-18-11)13-14-6-7-16(13)2/h4-8,10,12,15,17H,3,9H2,1-2H3/t10-,12?/m0/s1. The van der Waals surface area contributed by atoms with Crippen LogP contribution < -0.4 is 5.32 Å².